The zero-order chi connectivity index (χ0) is 20.0. The molecular formula is C18H17Cl2FN6O. The Balaban J connectivity index is 1.64. The summed E-state index contributed by atoms with van der Waals surface area (Å²) in [6, 6.07) is 4.78. The molecule has 1 amide bonds. The first-order chi connectivity index (χ1) is 13.4. The molecule has 0 bridgehead atoms. The fourth-order valence-corrected chi connectivity index (χ4v) is 3.89. The lowest BCUT2D eigenvalue weighted by Crippen LogP contribution is -2.46. The van der Waals surface area contributed by atoms with Gasteiger partial charge in [-0.15, -0.1) is 5.12 Å². The molecule has 2 aromatic rings. The molecule has 0 fully saturated rings. The first kappa shape index (κ1) is 18.9. The van der Waals surface area contributed by atoms with Crippen molar-refractivity contribution in [1.82, 2.24) is 25.4 Å². The maximum absolute atomic E-state index is 13.2. The standard InChI is InChI=1S/C18H17Cl2FN6O/c1-10-16-14(27(25(2)24-16)18-22-8-11(21)9-23-18)6-7-26(10)17(28)12-4-3-5-13(19)15(12)20/h3-5,8-10,24H,6-7H2,1-2H3. The van der Waals surface area contributed by atoms with Crippen molar-refractivity contribution in [1.29, 1.82) is 0 Å². The van der Waals surface area contributed by atoms with Crippen LogP contribution in [0.3, 0.4) is 0 Å². The Morgan fingerprint density at radius 2 is 2.00 bits per heavy atom. The van der Waals surface area contributed by atoms with E-state index in [1.807, 2.05) is 6.92 Å². The van der Waals surface area contributed by atoms with Crippen LogP contribution in [0.25, 0.3) is 0 Å². The summed E-state index contributed by atoms with van der Waals surface area (Å²) in [5.41, 5.74) is 5.40. The first-order valence-corrected chi connectivity index (χ1v) is 9.40. The van der Waals surface area contributed by atoms with Crippen molar-refractivity contribution in [2.75, 3.05) is 18.6 Å². The van der Waals surface area contributed by atoms with Crippen molar-refractivity contribution >= 4 is 35.1 Å². The summed E-state index contributed by atoms with van der Waals surface area (Å²) >= 11 is 12.3. The Labute approximate surface area is 171 Å². The molecule has 0 aliphatic carbocycles. The molecule has 1 aromatic heterocycles. The number of carbonyl (C=O) groups is 1. The quantitative estimate of drug-likeness (QED) is 0.801. The minimum Gasteiger partial charge on any atom is -0.330 e. The third kappa shape index (κ3) is 3.07. The van der Waals surface area contributed by atoms with Gasteiger partial charge in [-0.3, -0.25) is 4.79 Å². The van der Waals surface area contributed by atoms with Crippen LogP contribution >= 0.6 is 23.2 Å². The van der Waals surface area contributed by atoms with Gasteiger partial charge in [0.2, 0.25) is 5.95 Å². The van der Waals surface area contributed by atoms with Crippen LogP contribution < -0.4 is 10.4 Å². The van der Waals surface area contributed by atoms with Crippen LogP contribution in [-0.2, 0) is 0 Å². The van der Waals surface area contributed by atoms with E-state index in [2.05, 4.69) is 15.4 Å². The average molecular weight is 423 g/mol. The molecule has 0 radical (unpaired) electrons. The minimum atomic E-state index is -0.500. The molecule has 2 aliphatic rings. The molecule has 0 spiro atoms. The van der Waals surface area contributed by atoms with Gasteiger partial charge in [-0.2, -0.15) is 0 Å². The molecule has 1 atom stereocenters. The molecule has 4 rings (SSSR count). The van der Waals surface area contributed by atoms with Gasteiger partial charge in [0.25, 0.3) is 5.91 Å². The number of hydrogen-bond donors (Lipinski definition) is 1. The summed E-state index contributed by atoms with van der Waals surface area (Å²) in [6.07, 6.45) is 2.82. The van der Waals surface area contributed by atoms with Crippen LogP contribution in [0.15, 0.2) is 42.0 Å². The lowest BCUT2D eigenvalue weighted by molar-refractivity contribution is 0.0700. The van der Waals surface area contributed by atoms with Crippen LogP contribution in [0.4, 0.5) is 10.3 Å². The molecule has 0 saturated carbocycles. The SMILES string of the molecule is CC1C2=C(CCN1C(=O)c1cccc(Cl)c1Cl)N(c1ncc(F)cn1)N(C)N2. The highest BCUT2D eigenvalue weighted by Gasteiger charge is 2.39. The van der Waals surface area contributed by atoms with Gasteiger partial charge in [0.15, 0.2) is 5.82 Å². The Morgan fingerprint density at radius 3 is 2.71 bits per heavy atom. The van der Waals surface area contributed by atoms with Gasteiger partial charge in [-0.25, -0.2) is 19.4 Å². The molecule has 146 valence electrons. The zero-order valence-electron chi connectivity index (χ0n) is 15.2. The summed E-state index contributed by atoms with van der Waals surface area (Å²) in [7, 11) is 1.80. The van der Waals surface area contributed by atoms with Crippen LogP contribution in [0.1, 0.15) is 23.7 Å². The van der Waals surface area contributed by atoms with E-state index in [1.165, 1.54) is 0 Å². The smallest absolute Gasteiger partial charge is 0.255 e. The molecule has 0 saturated heterocycles. The van der Waals surface area contributed by atoms with Crippen molar-refractivity contribution in [3.8, 4) is 0 Å². The van der Waals surface area contributed by atoms with Crippen LogP contribution in [0.5, 0.6) is 0 Å². The first-order valence-electron chi connectivity index (χ1n) is 8.64. The number of anilines is 1. The second-order valence-corrected chi connectivity index (χ2v) is 7.32. The molecule has 1 N–H and O–H groups in total. The molecule has 7 nitrogen and oxygen atoms in total. The maximum atomic E-state index is 13.2. The van der Waals surface area contributed by atoms with E-state index in [-0.39, 0.29) is 17.0 Å². The van der Waals surface area contributed by atoms with Crippen LogP contribution in [-0.4, -0.2) is 45.5 Å². The summed E-state index contributed by atoms with van der Waals surface area (Å²) in [5, 5.41) is 4.09. The third-order valence-corrected chi connectivity index (χ3v) is 5.68. The molecule has 3 heterocycles. The van der Waals surface area contributed by atoms with E-state index in [1.54, 1.807) is 40.3 Å². The van der Waals surface area contributed by atoms with Gasteiger partial charge >= 0.3 is 0 Å². The van der Waals surface area contributed by atoms with E-state index in [9.17, 15) is 9.18 Å². The Kier molecular flexibility index (Phi) is 4.86. The average Bonchev–Trinajstić information content (AvgIpc) is 3.01. The predicted molar refractivity (Wildman–Crippen MR) is 104 cm³/mol. The van der Waals surface area contributed by atoms with E-state index in [0.717, 1.165) is 23.8 Å². The number of halogens is 3. The summed E-state index contributed by atoms with van der Waals surface area (Å²) < 4.78 is 13.2. The Hall–Kier alpha value is -2.42. The van der Waals surface area contributed by atoms with E-state index >= 15 is 0 Å². The maximum Gasteiger partial charge on any atom is 0.255 e. The molecule has 1 aromatic carbocycles. The minimum absolute atomic E-state index is 0.188. The van der Waals surface area contributed by atoms with Crippen molar-refractivity contribution < 1.29 is 9.18 Å². The monoisotopic (exact) mass is 422 g/mol. The van der Waals surface area contributed by atoms with Crippen molar-refractivity contribution in [3.05, 3.63) is 63.4 Å². The normalized spacial score (nSPS) is 19.7. The topological polar surface area (TPSA) is 64.6 Å². The predicted octanol–water partition coefficient (Wildman–Crippen LogP) is 3.24. The van der Waals surface area contributed by atoms with Gasteiger partial charge in [0.05, 0.1) is 45.4 Å². The molecule has 1 unspecified atom stereocenters. The second kappa shape index (κ2) is 7.20. The number of hydrogen-bond acceptors (Lipinski definition) is 6. The summed E-state index contributed by atoms with van der Waals surface area (Å²) in [6.45, 7) is 2.41. The highest BCUT2D eigenvalue weighted by Crippen LogP contribution is 2.34. The zero-order valence-corrected chi connectivity index (χ0v) is 16.7. The number of rotatable bonds is 2. The van der Waals surface area contributed by atoms with Gasteiger partial charge in [0.1, 0.15) is 0 Å². The fraction of sp³-hybridized carbons (Fsp3) is 0.278. The van der Waals surface area contributed by atoms with E-state index in [4.69, 9.17) is 23.2 Å². The van der Waals surface area contributed by atoms with Crippen molar-refractivity contribution in [2.45, 2.75) is 19.4 Å². The largest absolute Gasteiger partial charge is 0.330 e. The lowest BCUT2D eigenvalue weighted by Gasteiger charge is -2.34. The van der Waals surface area contributed by atoms with Crippen LogP contribution in [0.2, 0.25) is 10.0 Å². The lowest BCUT2D eigenvalue weighted by atomic mass is 10.0. The number of carbonyl (C=O) groups excluding carboxylic acids is 1. The number of benzene rings is 1. The van der Waals surface area contributed by atoms with E-state index < -0.39 is 5.82 Å². The highest BCUT2D eigenvalue weighted by atomic mass is 35.5. The van der Waals surface area contributed by atoms with Gasteiger partial charge in [-0.1, -0.05) is 29.3 Å². The number of hydrazine groups is 2. The van der Waals surface area contributed by atoms with E-state index in [0.29, 0.717) is 29.5 Å². The molecule has 28 heavy (non-hydrogen) atoms. The second-order valence-electron chi connectivity index (χ2n) is 6.53. The number of nitrogens with zero attached hydrogens (tertiary/aromatic N) is 5. The van der Waals surface area contributed by atoms with Gasteiger partial charge < -0.3 is 10.3 Å². The Morgan fingerprint density at radius 1 is 1.29 bits per heavy atom. The summed E-state index contributed by atoms with van der Waals surface area (Å²) in [4.78, 5) is 22.9. The third-order valence-electron chi connectivity index (χ3n) is 4.86. The number of aromatic nitrogens is 2. The van der Waals surface area contributed by atoms with Crippen LogP contribution in [0, 0.1) is 5.82 Å². The highest BCUT2D eigenvalue weighted by molar-refractivity contribution is 6.43. The van der Waals surface area contributed by atoms with Gasteiger partial charge in [-0.05, 0) is 19.1 Å². The van der Waals surface area contributed by atoms with Crippen molar-refractivity contribution in [3.63, 3.8) is 0 Å². The van der Waals surface area contributed by atoms with Crippen molar-refractivity contribution in [2.24, 2.45) is 0 Å². The summed E-state index contributed by atoms with van der Waals surface area (Å²) in [5.74, 6) is -0.335. The number of amides is 1. The molecular weight excluding hydrogens is 406 g/mol. The number of nitrogens with one attached hydrogen (secondary N) is 1. The fourth-order valence-electron chi connectivity index (χ4n) is 3.51. The Bertz CT molecular complexity index is 967. The van der Waals surface area contributed by atoms with Gasteiger partial charge in [0, 0.05) is 20.0 Å². The molecule has 2 aliphatic heterocycles. The molecule has 10 heteroatoms.